The van der Waals surface area contributed by atoms with Gasteiger partial charge in [-0.15, -0.1) is 11.3 Å². The number of hydrogen-bond donors (Lipinski definition) is 2. The number of hydrogen-bond acceptors (Lipinski definition) is 3. The van der Waals surface area contributed by atoms with E-state index in [0.29, 0.717) is 12.1 Å². The topological polar surface area (TPSA) is 57.2 Å². The van der Waals surface area contributed by atoms with E-state index in [0.717, 1.165) is 33.6 Å². The average Bonchev–Trinajstić information content (AvgIpc) is 3.14. The summed E-state index contributed by atoms with van der Waals surface area (Å²) in [6, 6.07) is 9.97. The molecule has 0 atom stereocenters. The molecule has 0 spiro atoms. The summed E-state index contributed by atoms with van der Waals surface area (Å²) in [6.07, 6.45) is 2.76. The summed E-state index contributed by atoms with van der Waals surface area (Å²) >= 11 is 1.48. The van der Waals surface area contributed by atoms with Crippen molar-refractivity contribution in [3.05, 3.63) is 52.5 Å². The molecule has 2 N–H and O–H groups in total. The number of aromatic nitrogens is 1. The van der Waals surface area contributed by atoms with Gasteiger partial charge in [0.1, 0.15) is 5.00 Å². The lowest BCUT2D eigenvalue weighted by Crippen LogP contribution is -2.23. The van der Waals surface area contributed by atoms with Gasteiger partial charge in [-0.25, -0.2) is 4.99 Å². The summed E-state index contributed by atoms with van der Waals surface area (Å²) in [7, 11) is 0. The fourth-order valence-corrected chi connectivity index (χ4v) is 3.23. The highest BCUT2D eigenvalue weighted by atomic mass is 32.1. The highest BCUT2D eigenvalue weighted by molar-refractivity contribution is 7.14. The second-order valence-electron chi connectivity index (χ2n) is 5.36. The Balaban J connectivity index is 1.90. The van der Waals surface area contributed by atoms with Gasteiger partial charge in [-0.3, -0.25) is 4.79 Å². The van der Waals surface area contributed by atoms with Gasteiger partial charge in [-0.1, -0.05) is 25.1 Å². The first kappa shape index (κ1) is 15.5. The van der Waals surface area contributed by atoms with E-state index in [2.05, 4.69) is 27.4 Å². The lowest BCUT2D eigenvalue weighted by Gasteiger charge is -2.02. The van der Waals surface area contributed by atoms with Gasteiger partial charge >= 0.3 is 0 Å². The standard InChI is InChI=1S/C18H19N3OS/c1-3-9-19-17(22)14-8-10-23-18(14)20-11-15-12(2)21-16-7-5-4-6-13(15)16/h4-8,10-11,21H,3,9H2,1-2H3,(H,19,22)/b20-11+. The molecule has 118 valence electrons. The Morgan fingerprint density at radius 2 is 2.17 bits per heavy atom. The van der Waals surface area contributed by atoms with Gasteiger partial charge in [0.05, 0.1) is 5.56 Å². The molecule has 0 bridgehead atoms. The number of aromatic amines is 1. The first-order valence-corrected chi connectivity index (χ1v) is 8.55. The van der Waals surface area contributed by atoms with E-state index in [-0.39, 0.29) is 5.91 Å². The highest BCUT2D eigenvalue weighted by Gasteiger charge is 2.12. The number of carbonyl (C=O) groups excluding carboxylic acids is 1. The fourth-order valence-electron chi connectivity index (χ4n) is 2.50. The minimum absolute atomic E-state index is 0.0594. The molecule has 0 saturated carbocycles. The second kappa shape index (κ2) is 6.79. The van der Waals surface area contributed by atoms with E-state index in [9.17, 15) is 4.79 Å². The van der Waals surface area contributed by atoms with Crippen molar-refractivity contribution in [3.8, 4) is 0 Å². The van der Waals surface area contributed by atoms with Crippen LogP contribution < -0.4 is 5.32 Å². The third kappa shape index (κ3) is 3.19. The number of aliphatic imine (C=N–C) groups is 1. The fraction of sp³-hybridized carbons (Fsp3) is 0.222. The van der Waals surface area contributed by atoms with Crippen LogP contribution in [0.5, 0.6) is 0 Å². The molecule has 1 aromatic carbocycles. The smallest absolute Gasteiger partial charge is 0.254 e. The highest BCUT2D eigenvalue weighted by Crippen LogP contribution is 2.27. The zero-order valence-corrected chi connectivity index (χ0v) is 14.0. The summed E-state index contributed by atoms with van der Waals surface area (Å²) in [4.78, 5) is 20.1. The minimum Gasteiger partial charge on any atom is -0.358 e. The van der Waals surface area contributed by atoms with Crippen LogP contribution in [0.25, 0.3) is 10.9 Å². The Morgan fingerprint density at radius 1 is 1.35 bits per heavy atom. The van der Waals surface area contributed by atoms with E-state index in [4.69, 9.17) is 0 Å². The molecule has 0 aliphatic rings. The van der Waals surface area contributed by atoms with E-state index in [1.165, 1.54) is 11.3 Å². The molecule has 0 aliphatic heterocycles. The van der Waals surface area contributed by atoms with Crippen molar-refractivity contribution >= 4 is 39.4 Å². The Hall–Kier alpha value is -2.40. The maximum absolute atomic E-state index is 12.1. The van der Waals surface area contributed by atoms with Crippen LogP contribution >= 0.6 is 11.3 Å². The lowest BCUT2D eigenvalue weighted by atomic mass is 10.1. The average molecular weight is 325 g/mol. The molecule has 0 aliphatic carbocycles. The van der Waals surface area contributed by atoms with E-state index in [1.54, 1.807) is 0 Å². The first-order valence-electron chi connectivity index (χ1n) is 7.67. The number of para-hydroxylation sites is 1. The predicted molar refractivity (Wildman–Crippen MR) is 97.2 cm³/mol. The van der Waals surface area contributed by atoms with Gasteiger partial charge in [-0.2, -0.15) is 0 Å². The van der Waals surface area contributed by atoms with Crippen LogP contribution in [0, 0.1) is 6.92 Å². The van der Waals surface area contributed by atoms with Crippen molar-refractivity contribution in [2.75, 3.05) is 6.54 Å². The Morgan fingerprint density at radius 3 is 3.00 bits per heavy atom. The van der Waals surface area contributed by atoms with Gasteiger partial charge in [0.15, 0.2) is 0 Å². The third-order valence-electron chi connectivity index (χ3n) is 3.68. The van der Waals surface area contributed by atoms with Crippen LogP contribution in [0.3, 0.4) is 0 Å². The molecule has 1 amide bonds. The number of carbonyl (C=O) groups is 1. The number of thiophene rings is 1. The molecule has 2 aromatic heterocycles. The number of rotatable bonds is 5. The number of fused-ring (bicyclic) bond motifs is 1. The minimum atomic E-state index is -0.0594. The molecule has 4 nitrogen and oxygen atoms in total. The predicted octanol–water partition coefficient (Wildman–Crippen LogP) is 4.43. The van der Waals surface area contributed by atoms with Crippen molar-refractivity contribution in [3.63, 3.8) is 0 Å². The van der Waals surface area contributed by atoms with Crippen molar-refractivity contribution < 1.29 is 4.79 Å². The molecular formula is C18H19N3OS. The summed E-state index contributed by atoms with van der Waals surface area (Å²) in [5.74, 6) is -0.0594. The number of benzene rings is 1. The van der Waals surface area contributed by atoms with Crippen LogP contribution in [-0.2, 0) is 0 Å². The van der Waals surface area contributed by atoms with Gasteiger partial charge in [0.25, 0.3) is 5.91 Å². The Kier molecular flexibility index (Phi) is 4.57. The summed E-state index contributed by atoms with van der Waals surface area (Å²) in [6.45, 7) is 4.75. The van der Waals surface area contributed by atoms with E-state index < -0.39 is 0 Å². The molecular weight excluding hydrogens is 306 g/mol. The number of nitrogens with zero attached hydrogens (tertiary/aromatic N) is 1. The SMILES string of the molecule is CCCNC(=O)c1ccsc1/N=C/c1c(C)[nH]c2ccccc12. The van der Waals surface area contributed by atoms with Crippen molar-refractivity contribution in [1.29, 1.82) is 0 Å². The van der Waals surface area contributed by atoms with E-state index in [1.807, 2.05) is 43.6 Å². The zero-order valence-electron chi connectivity index (χ0n) is 13.2. The van der Waals surface area contributed by atoms with Gasteiger partial charge in [0, 0.05) is 34.9 Å². The summed E-state index contributed by atoms with van der Waals surface area (Å²) < 4.78 is 0. The number of nitrogens with one attached hydrogen (secondary N) is 2. The molecule has 23 heavy (non-hydrogen) atoms. The number of H-pyrrole nitrogens is 1. The second-order valence-corrected chi connectivity index (χ2v) is 6.26. The van der Waals surface area contributed by atoms with Crippen molar-refractivity contribution in [2.45, 2.75) is 20.3 Å². The van der Waals surface area contributed by atoms with Gasteiger partial charge < -0.3 is 10.3 Å². The largest absolute Gasteiger partial charge is 0.358 e. The molecule has 0 unspecified atom stereocenters. The quantitative estimate of drug-likeness (QED) is 0.670. The van der Waals surface area contributed by atoms with Crippen LogP contribution in [0.4, 0.5) is 5.00 Å². The van der Waals surface area contributed by atoms with Crippen molar-refractivity contribution in [2.24, 2.45) is 4.99 Å². The molecule has 5 heteroatoms. The van der Waals surface area contributed by atoms with Gasteiger partial charge in [0.2, 0.25) is 0 Å². The maximum atomic E-state index is 12.1. The maximum Gasteiger partial charge on any atom is 0.254 e. The van der Waals surface area contributed by atoms with Crippen LogP contribution in [0.2, 0.25) is 0 Å². The third-order valence-corrected chi connectivity index (χ3v) is 4.50. The van der Waals surface area contributed by atoms with Crippen LogP contribution in [0.1, 0.15) is 35.0 Å². The van der Waals surface area contributed by atoms with Crippen LogP contribution in [0.15, 0.2) is 40.7 Å². The Bertz CT molecular complexity index is 860. The lowest BCUT2D eigenvalue weighted by molar-refractivity contribution is 0.0955. The summed E-state index contributed by atoms with van der Waals surface area (Å²) in [5.41, 5.74) is 3.87. The molecule has 0 fully saturated rings. The summed E-state index contributed by atoms with van der Waals surface area (Å²) in [5, 5.41) is 6.68. The molecule has 0 saturated heterocycles. The van der Waals surface area contributed by atoms with Gasteiger partial charge in [-0.05, 0) is 30.9 Å². The molecule has 2 heterocycles. The van der Waals surface area contributed by atoms with E-state index >= 15 is 0 Å². The first-order chi connectivity index (χ1) is 11.2. The van der Waals surface area contributed by atoms with Crippen molar-refractivity contribution in [1.82, 2.24) is 10.3 Å². The number of aryl methyl sites for hydroxylation is 1. The van der Waals surface area contributed by atoms with Crippen LogP contribution in [-0.4, -0.2) is 23.7 Å². The number of amides is 1. The zero-order chi connectivity index (χ0) is 16.2. The molecule has 0 radical (unpaired) electrons. The monoisotopic (exact) mass is 325 g/mol. The normalized spacial score (nSPS) is 11.4. The molecule has 3 aromatic rings. The molecule has 3 rings (SSSR count). The Labute approximate surface area is 139 Å².